The van der Waals surface area contributed by atoms with E-state index in [2.05, 4.69) is 229 Å². The highest BCUT2D eigenvalue weighted by Crippen LogP contribution is 2.41. The molecule has 0 unspecified atom stereocenters. The van der Waals surface area contributed by atoms with Gasteiger partial charge in [-0.3, -0.25) is 2.78 Å². The molecule has 0 saturated carbocycles. The van der Waals surface area contributed by atoms with Crippen LogP contribution in [0, 0.1) is 0 Å². The predicted octanol–water partition coefficient (Wildman–Crippen LogP) is 14.7. The summed E-state index contributed by atoms with van der Waals surface area (Å²) >= 11 is 2.46. The molecule has 0 bridgehead atoms. The largest absolute Gasteiger partial charge is 0.309 e. The summed E-state index contributed by atoms with van der Waals surface area (Å²) in [5, 5.41) is 10.1. The van der Waals surface area contributed by atoms with Crippen molar-refractivity contribution in [2.45, 2.75) is 0 Å². The molecule has 3 aromatic heterocycles. The van der Waals surface area contributed by atoms with Gasteiger partial charge in [-0.1, -0.05) is 121 Å². The number of fused-ring (bicyclic) bond motifs is 11. The fourth-order valence-corrected chi connectivity index (χ4v) is 9.99. The molecule has 0 aliphatic rings. The number of nitrogens with zero attached hydrogens (tertiary/aromatic N) is 3. The molecule has 12 aromatic rings. The Balaban J connectivity index is 1.03. The Bertz CT molecular complexity index is 3530. The molecule has 0 atom stereocenters. The van der Waals surface area contributed by atoms with Crippen molar-refractivity contribution < 1.29 is 0 Å². The topological polar surface area (TPSA) is 14.8 Å². The molecule has 262 valence electrons. The molecule has 0 amide bonds. The monoisotopic (exact) mass is 825 g/mol. The van der Waals surface area contributed by atoms with Crippen molar-refractivity contribution in [3.8, 4) is 33.6 Å². The van der Waals surface area contributed by atoms with Gasteiger partial charge in [-0.15, -0.1) is 0 Å². The van der Waals surface area contributed by atoms with Crippen LogP contribution >= 0.6 is 22.9 Å². The van der Waals surface area contributed by atoms with Crippen molar-refractivity contribution in [2.75, 3.05) is 0 Å². The Morgan fingerprint density at radius 2 is 0.750 bits per heavy atom. The van der Waals surface area contributed by atoms with E-state index < -0.39 is 0 Å². The van der Waals surface area contributed by atoms with Crippen LogP contribution < -0.4 is 0 Å². The van der Waals surface area contributed by atoms with Crippen LogP contribution in [-0.4, -0.2) is 11.9 Å². The molecule has 0 fully saturated rings. The average Bonchev–Trinajstić information content (AvgIpc) is 3.88. The SMILES string of the molecule is In1c2ccc(-c3ccc4c(c3)c3ccc5ccccc5c3n4-c3ccccc3)cc2c2cc(-c3ccc4c5ccccc5n(-c5ccccc5)c4c3)ccc21. The van der Waals surface area contributed by atoms with Gasteiger partial charge in [0.05, 0.1) is 56.0 Å². The van der Waals surface area contributed by atoms with Crippen LogP contribution in [0.2, 0.25) is 0 Å². The van der Waals surface area contributed by atoms with Crippen LogP contribution in [-0.2, 0) is 0 Å². The Morgan fingerprint density at radius 3 is 1.43 bits per heavy atom. The van der Waals surface area contributed by atoms with Crippen molar-refractivity contribution >= 4 is 99.1 Å². The van der Waals surface area contributed by atoms with Crippen LogP contribution in [0.3, 0.4) is 0 Å². The normalized spacial score (nSPS) is 12.0. The fourth-order valence-electron chi connectivity index (χ4n) is 9.15. The van der Waals surface area contributed by atoms with Crippen molar-refractivity contribution in [2.24, 2.45) is 0 Å². The van der Waals surface area contributed by atoms with Crippen molar-refractivity contribution in [3.63, 3.8) is 0 Å². The van der Waals surface area contributed by atoms with Crippen molar-refractivity contribution in [1.29, 1.82) is 0 Å². The number of hydrogen-bond donors (Lipinski definition) is 0. The molecule has 0 saturated heterocycles. The lowest BCUT2D eigenvalue weighted by Gasteiger charge is -2.10. The summed E-state index contributed by atoms with van der Waals surface area (Å²) in [7, 11) is 0. The van der Waals surface area contributed by atoms with E-state index in [0.717, 1.165) is 0 Å². The van der Waals surface area contributed by atoms with Gasteiger partial charge in [0.15, 0.2) is 0 Å². The highest BCUT2D eigenvalue weighted by Gasteiger charge is 2.18. The number of benzene rings is 9. The first-order chi connectivity index (χ1) is 27.7. The molecule has 0 N–H and O–H groups in total. The zero-order chi connectivity index (χ0) is 36.9. The standard InChI is InChI=1S/C52H32IN3/c53-56-49-27-22-35(34-21-26-48-44(29-34)43-25-19-33-11-7-8-16-40(33)52(43)55(48)39-14-5-2-6-15-39)30-45(49)46-31-36(23-28-50(46)56)37-20-24-42-41-17-9-10-18-47(41)54(51(42)32-37)38-12-3-1-4-13-38/h1-32H. The molecule has 4 heteroatoms. The van der Waals surface area contributed by atoms with E-state index in [1.807, 2.05) is 0 Å². The lowest BCUT2D eigenvalue weighted by Crippen LogP contribution is -1.93. The number of aromatic nitrogens is 3. The van der Waals surface area contributed by atoms with E-state index in [9.17, 15) is 0 Å². The highest BCUT2D eigenvalue weighted by molar-refractivity contribution is 14.1. The molecular formula is C52H32IN3. The molecule has 12 rings (SSSR count). The molecule has 3 nitrogen and oxygen atoms in total. The van der Waals surface area contributed by atoms with Gasteiger partial charge in [0.25, 0.3) is 0 Å². The number of hydrogen-bond acceptors (Lipinski definition) is 0. The molecule has 0 spiro atoms. The van der Waals surface area contributed by atoms with Gasteiger partial charge in [0, 0.05) is 49.1 Å². The van der Waals surface area contributed by atoms with Crippen molar-refractivity contribution in [3.05, 3.63) is 194 Å². The Morgan fingerprint density at radius 1 is 0.286 bits per heavy atom. The Labute approximate surface area is 336 Å². The maximum absolute atomic E-state index is 2.46. The summed E-state index contributed by atoms with van der Waals surface area (Å²) in [6.45, 7) is 0. The number of para-hydroxylation sites is 3. The minimum Gasteiger partial charge on any atom is -0.309 e. The van der Waals surface area contributed by atoms with Gasteiger partial charge < -0.3 is 9.13 Å². The molecule has 9 aromatic carbocycles. The smallest absolute Gasteiger partial charge is 0.0646 e. The summed E-state index contributed by atoms with van der Waals surface area (Å²) in [5.74, 6) is 0. The third-order valence-electron chi connectivity index (χ3n) is 11.7. The summed E-state index contributed by atoms with van der Waals surface area (Å²) < 4.78 is 7.13. The maximum atomic E-state index is 2.46. The third-order valence-corrected chi connectivity index (χ3v) is 12.8. The second-order valence-electron chi connectivity index (χ2n) is 14.8. The fraction of sp³-hybridized carbons (Fsp3) is 0. The van der Waals surface area contributed by atoms with Crippen LogP contribution in [0.5, 0.6) is 0 Å². The number of halogens is 1. The zero-order valence-electron chi connectivity index (χ0n) is 30.2. The molecule has 0 aliphatic heterocycles. The molecular weight excluding hydrogens is 793 g/mol. The van der Waals surface area contributed by atoms with E-state index in [1.54, 1.807) is 0 Å². The van der Waals surface area contributed by atoms with Gasteiger partial charge in [-0.05, 0) is 100 Å². The van der Waals surface area contributed by atoms with Gasteiger partial charge in [-0.2, -0.15) is 0 Å². The highest BCUT2D eigenvalue weighted by atomic mass is 127. The lowest BCUT2D eigenvalue weighted by atomic mass is 9.98. The van der Waals surface area contributed by atoms with Crippen LogP contribution in [0.15, 0.2) is 194 Å². The second kappa shape index (κ2) is 12.2. The Kier molecular flexibility index (Phi) is 6.90. The lowest BCUT2D eigenvalue weighted by molar-refractivity contribution is 1.18. The average molecular weight is 826 g/mol. The van der Waals surface area contributed by atoms with Crippen LogP contribution in [0.25, 0.3) is 110 Å². The molecule has 56 heavy (non-hydrogen) atoms. The molecule has 0 aliphatic carbocycles. The van der Waals surface area contributed by atoms with Crippen LogP contribution in [0.4, 0.5) is 0 Å². The third kappa shape index (κ3) is 4.63. The van der Waals surface area contributed by atoms with E-state index >= 15 is 0 Å². The predicted molar refractivity (Wildman–Crippen MR) is 246 cm³/mol. The maximum Gasteiger partial charge on any atom is 0.0646 e. The van der Waals surface area contributed by atoms with Crippen LogP contribution in [0.1, 0.15) is 0 Å². The van der Waals surface area contributed by atoms with E-state index in [-0.39, 0.29) is 0 Å². The molecule has 3 heterocycles. The second-order valence-corrected chi connectivity index (χ2v) is 15.7. The summed E-state index contributed by atoms with van der Waals surface area (Å²) in [6.07, 6.45) is 0. The van der Waals surface area contributed by atoms with E-state index in [0.29, 0.717) is 0 Å². The van der Waals surface area contributed by atoms with Gasteiger partial charge in [0.2, 0.25) is 0 Å². The van der Waals surface area contributed by atoms with E-state index in [1.165, 1.54) is 110 Å². The number of rotatable bonds is 4. The first-order valence-electron chi connectivity index (χ1n) is 19.0. The van der Waals surface area contributed by atoms with Gasteiger partial charge >= 0.3 is 0 Å². The van der Waals surface area contributed by atoms with Gasteiger partial charge in [0.1, 0.15) is 0 Å². The summed E-state index contributed by atoms with van der Waals surface area (Å²) in [6, 6.07) is 71.3. The van der Waals surface area contributed by atoms with Gasteiger partial charge in [-0.25, -0.2) is 0 Å². The minimum absolute atomic E-state index is 1.17. The quantitative estimate of drug-likeness (QED) is 0.157. The first kappa shape index (κ1) is 31.7. The first-order valence-corrected chi connectivity index (χ1v) is 20.0. The zero-order valence-corrected chi connectivity index (χ0v) is 32.4. The Hall–Kier alpha value is -6.63. The van der Waals surface area contributed by atoms with E-state index in [4.69, 9.17) is 0 Å². The summed E-state index contributed by atoms with van der Waals surface area (Å²) in [5.41, 5.74) is 14.5. The minimum atomic E-state index is 1.17. The summed E-state index contributed by atoms with van der Waals surface area (Å²) in [4.78, 5) is 0. The van der Waals surface area contributed by atoms with Crippen molar-refractivity contribution in [1.82, 2.24) is 11.9 Å². The molecule has 0 radical (unpaired) electrons.